The van der Waals surface area contributed by atoms with Crippen molar-refractivity contribution in [2.24, 2.45) is 0 Å². The van der Waals surface area contributed by atoms with E-state index in [9.17, 15) is 0 Å². The average molecular weight is 343 g/mol. The van der Waals surface area contributed by atoms with E-state index in [2.05, 4.69) is 20.4 Å². The summed E-state index contributed by atoms with van der Waals surface area (Å²) < 4.78 is 6.00. The maximum absolute atomic E-state index is 6.00. The van der Waals surface area contributed by atoms with Gasteiger partial charge >= 0.3 is 0 Å². The Morgan fingerprint density at radius 3 is 1.68 bits per heavy atom. The number of hydrogen-bond donors (Lipinski definition) is 0. The van der Waals surface area contributed by atoms with Crippen molar-refractivity contribution >= 4 is 19.5 Å². The van der Waals surface area contributed by atoms with Crippen molar-refractivity contribution in [3.63, 3.8) is 0 Å². The SMILES string of the molecule is C=C[SiH2]O[SiH2]C(CCCCCCCC)CCCCCCCC. The highest BCUT2D eigenvalue weighted by Gasteiger charge is 2.09. The van der Waals surface area contributed by atoms with Gasteiger partial charge in [0, 0.05) is 0 Å². The Labute approximate surface area is 145 Å². The van der Waals surface area contributed by atoms with Crippen LogP contribution in [-0.2, 0) is 4.12 Å². The molecule has 0 saturated heterocycles. The van der Waals surface area contributed by atoms with Crippen LogP contribution in [0.3, 0.4) is 0 Å². The maximum Gasteiger partial charge on any atom is 0.170 e. The third-order valence-corrected chi connectivity index (χ3v) is 7.93. The second-order valence-corrected chi connectivity index (χ2v) is 10.8. The molecule has 0 aromatic rings. The predicted octanol–water partition coefficient (Wildman–Crippen LogP) is 5.60. The smallest absolute Gasteiger partial charge is 0.170 e. The molecule has 0 radical (unpaired) electrons. The summed E-state index contributed by atoms with van der Waals surface area (Å²) in [5.74, 6) is 0. The Balaban J connectivity index is 3.67. The van der Waals surface area contributed by atoms with Crippen LogP contribution in [0.4, 0.5) is 0 Å². The minimum Gasteiger partial charge on any atom is -0.462 e. The van der Waals surface area contributed by atoms with E-state index in [-0.39, 0.29) is 19.5 Å². The van der Waals surface area contributed by atoms with Gasteiger partial charge in [-0.1, -0.05) is 109 Å². The van der Waals surface area contributed by atoms with E-state index in [1.54, 1.807) is 0 Å². The third-order valence-electron chi connectivity index (χ3n) is 4.52. The molecule has 0 spiro atoms. The molecule has 0 atom stereocenters. The zero-order valence-electron chi connectivity index (χ0n) is 15.6. The Morgan fingerprint density at radius 2 is 1.23 bits per heavy atom. The van der Waals surface area contributed by atoms with Crippen LogP contribution in [-0.4, -0.2) is 19.5 Å². The summed E-state index contributed by atoms with van der Waals surface area (Å²) in [4.78, 5) is 0. The molecule has 0 aliphatic heterocycles. The average Bonchev–Trinajstić information content (AvgIpc) is 2.53. The minimum absolute atomic E-state index is 0.283. The van der Waals surface area contributed by atoms with E-state index < -0.39 is 0 Å². The second-order valence-electron chi connectivity index (χ2n) is 6.81. The highest BCUT2D eigenvalue weighted by atomic mass is 28.3. The van der Waals surface area contributed by atoms with Crippen LogP contribution in [0.5, 0.6) is 0 Å². The van der Waals surface area contributed by atoms with Crippen molar-refractivity contribution in [3.8, 4) is 0 Å². The summed E-state index contributed by atoms with van der Waals surface area (Å²) in [7, 11) is -0.658. The van der Waals surface area contributed by atoms with Crippen LogP contribution < -0.4 is 0 Å². The zero-order chi connectivity index (χ0) is 16.3. The number of unbranched alkanes of at least 4 members (excludes halogenated alkanes) is 10. The van der Waals surface area contributed by atoms with E-state index in [0.29, 0.717) is 0 Å². The van der Waals surface area contributed by atoms with Gasteiger partial charge in [-0.25, -0.2) is 0 Å². The molecule has 0 aliphatic rings. The third kappa shape index (κ3) is 16.5. The number of rotatable bonds is 18. The normalized spacial score (nSPS) is 12.3. The van der Waals surface area contributed by atoms with Crippen molar-refractivity contribution in [3.05, 3.63) is 12.3 Å². The first-order chi connectivity index (χ1) is 10.8. The Kier molecular flexibility index (Phi) is 19.3. The van der Waals surface area contributed by atoms with Gasteiger partial charge in [0.2, 0.25) is 0 Å². The minimum atomic E-state index is -0.375. The fourth-order valence-electron chi connectivity index (χ4n) is 3.06. The predicted molar refractivity (Wildman–Crippen MR) is 108 cm³/mol. The summed E-state index contributed by atoms with van der Waals surface area (Å²) >= 11 is 0. The Bertz CT molecular complexity index is 205. The van der Waals surface area contributed by atoms with Gasteiger partial charge in [0.1, 0.15) is 9.76 Å². The van der Waals surface area contributed by atoms with Crippen LogP contribution in [0.25, 0.3) is 0 Å². The van der Waals surface area contributed by atoms with Gasteiger partial charge in [-0.05, 0) is 5.54 Å². The zero-order valence-corrected chi connectivity index (χ0v) is 18.4. The maximum atomic E-state index is 6.00. The van der Waals surface area contributed by atoms with E-state index in [1.165, 1.54) is 89.9 Å². The summed E-state index contributed by atoms with van der Waals surface area (Å²) in [5, 5.41) is 0. The van der Waals surface area contributed by atoms with Gasteiger partial charge in [-0.3, -0.25) is 0 Å². The largest absolute Gasteiger partial charge is 0.462 e. The molecule has 3 heteroatoms. The molecule has 0 unspecified atom stereocenters. The standard InChI is InChI=1S/C19H42OSi2/c1-4-7-9-11-13-15-17-19(22-20-21-6-3)18-16-14-12-10-8-5-2/h6,19H,3-5,7-18,21-22H2,1-2H3. The molecule has 132 valence electrons. The van der Waals surface area contributed by atoms with Crippen molar-refractivity contribution in [2.45, 2.75) is 109 Å². The lowest BCUT2D eigenvalue weighted by atomic mass is 10.0. The van der Waals surface area contributed by atoms with Gasteiger partial charge in [0.15, 0.2) is 9.76 Å². The quantitative estimate of drug-likeness (QED) is 0.232. The Hall–Kier alpha value is 0.134. The molecule has 0 rings (SSSR count). The van der Waals surface area contributed by atoms with Crippen LogP contribution >= 0.6 is 0 Å². The molecular formula is C19H42OSi2. The number of hydrogen-bond acceptors (Lipinski definition) is 1. The monoisotopic (exact) mass is 342 g/mol. The topological polar surface area (TPSA) is 9.23 Å². The lowest BCUT2D eigenvalue weighted by Crippen LogP contribution is -2.10. The van der Waals surface area contributed by atoms with Crippen LogP contribution in [0.2, 0.25) is 5.54 Å². The van der Waals surface area contributed by atoms with Gasteiger partial charge in [-0.15, -0.1) is 6.58 Å². The summed E-state index contributed by atoms with van der Waals surface area (Å²) in [6.45, 7) is 8.41. The van der Waals surface area contributed by atoms with E-state index >= 15 is 0 Å². The Morgan fingerprint density at radius 1 is 0.773 bits per heavy atom. The van der Waals surface area contributed by atoms with Crippen LogP contribution in [0.1, 0.15) is 104 Å². The van der Waals surface area contributed by atoms with Gasteiger partial charge < -0.3 is 4.12 Å². The molecule has 0 aliphatic carbocycles. The lowest BCUT2D eigenvalue weighted by molar-refractivity contribution is 0.508. The lowest BCUT2D eigenvalue weighted by Gasteiger charge is -2.16. The first-order valence-electron chi connectivity index (χ1n) is 10.0. The molecule has 0 N–H and O–H groups in total. The molecule has 1 nitrogen and oxygen atoms in total. The van der Waals surface area contributed by atoms with E-state index in [1.807, 2.05) is 5.70 Å². The summed E-state index contributed by atoms with van der Waals surface area (Å²) in [5.41, 5.74) is 2.99. The first-order valence-corrected chi connectivity index (χ1v) is 12.8. The molecule has 0 aromatic heterocycles. The van der Waals surface area contributed by atoms with Gasteiger partial charge in [-0.2, -0.15) is 0 Å². The van der Waals surface area contributed by atoms with E-state index in [0.717, 1.165) is 5.54 Å². The molecule has 0 fully saturated rings. The van der Waals surface area contributed by atoms with Gasteiger partial charge in [0.05, 0.1) is 0 Å². The molecule has 0 heterocycles. The molecule has 22 heavy (non-hydrogen) atoms. The summed E-state index contributed by atoms with van der Waals surface area (Å²) in [6.07, 6.45) is 20.0. The van der Waals surface area contributed by atoms with Crippen molar-refractivity contribution in [1.29, 1.82) is 0 Å². The fraction of sp³-hybridized carbons (Fsp3) is 0.895. The molecular weight excluding hydrogens is 300 g/mol. The highest BCUT2D eigenvalue weighted by molar-refractivity contribution is 6.46. The van der Waals surface area contributed by atoms with Crippen molar-refractivity contribution in [1.82, 2.24) is 0 Å². The summed E-state index contributed by atoms with van der Waals surface area (Å²) in [6, 6.07) is 0. The van der Waals surface area contributed by atoms with Crippen molar-refractivity contribution < 1.29 is 4.12 Å². The molecule has 0 bridgehead atoms. The van der Waals surface area contributed by atoms with Gasteiger partial charge in [0.25, 0.3) is 0 Å². The fourth-order valence-corrected chi connectivity index (χ4v) is 6.51. The molecule has 0 saturated carbocycles. The van der Waals surface area contributed by atoms with E-state index in [4.69, 9.17) is 4.12 Å². The highest BCUT2D eigenvalue weighted by Crippen LogP contribution is 2.23. The first kappa shape index (κ1) is 22.1. The van der Waals surface area contributed by atoms with Crippen LogP contribution in [0, 0.1) is 0 Å². The second kappa shape index (κ2) is 19.2. The van der Waals surface area contributed by atoms with Crippen LogP contribution in [0.15, 0.2) is 12.3 Å². The van der Waals surface area contributed by atoms with Crippen molar-refractivity contribution in [2.75, 3.05) is 0 Å². The molecule has 0 aromatic carbocycles. The molecule has 0 amide bonds.